The van der Waals surface area contributed by atoms with Crippen LogP contribution >= 0.6 is 7.82 Å². The minimum absolute atomic E-state index is 0.0693. The van der Waals surface area contributed by atoms with Crippen LogP contribution in [0.2, 0.25) is 0 Å². The molecule has 156 valence electrons. The van der Waals surface area contributed by atoms with Gasteiger partial charge >= 0.3 is 19.8 Å². The molecule has 2 atom stereocenters. The molecule has 0 radical (unpaired) electrons. The summed E-state index contributed by atoms with van der Waals surface area (Å²) in [4.78, 5) is 55.3. The lowest BCUT2D eigenvalue weighted by Gasteiger charge is -2.29. The zero-order valence-corrected chi connectivity index (χ0v) is 15.5. The number of aromatic nitrogens is 1. The average Bonchev–Trinajstić information content (AvgIpc) is 2.57. The number of aromatic hydroxyl groups is 1. The summed E-state index contributed by atoms with van der Waals surface area (Å²) in [5.41, 5.74) is -0.507. The fraction of sp³-hybridized carbons (Fsp3) is 0.429. The van der Waals surface area contributed by atoms with E-state index < -0.39 is 50.7 Å². The van der Waals surface area contributed by atoms with Crippen LogP contribution in [0, 0.1) is 6.92 Å². The summed E-state index contributed by atoms with van der Waals surface area (Å²) >= 11 is 0. The lowest BCUT2D eigenvalue weighted by molar-refractivity contribution is -0.137. The summed E-state index contributed by atoms with van der Waals surface area (Å²) < 4.78 is 16.2. The lowest BCUT2D eigenvalue weighted by atomic mass is 9.98. The fourth-order valence-corrected chi connectivity index (χ4v) is 2.87. The van der Waals surface area contributed by atoms with Crippen molar-refractivity contribution in [1.29, 1.82) is 0 Å². The molecular formula is C14H20N3O10P. The van der Waals surface area contributed by atoms with Gasteiger partial charge < -0.3 is 35.7 Å². The number of phosphoric ester groups is 1. The first-order valence-electron chi connectivity index (χ1n) is 7.71. The number of pyridine rings is 1. The molecule has 28 heavy (non-hydrogen) atoms. The van der Waals surface area contributed by atoms with Gasteiger partial charge in [0.05, 0.1) is 30.4 Å². The molecule has 0 aliphatic carbocycles. The van der Waals surface area contributed by atoms with E-state index in [1.807, 2.05) is 0 Å². The van der Waals surface area contributed by atoms with Crippen molar-refractivity contribution in [3.63, 3.8) is 0 Å². The summed E-state index contributed by atoms with van der Waals surface area (Å²) in [6, 6.07) is -1.22. The largest absolute Gasteiger partial charge is 0.505 e. The van der Waals surface area contributed by atoms with Crippen LogP contribution in [0.25, 0.3) is 0 Å². The molecule has 0 aliphatic rings. The normalized spacial score (nSPS) is 13.7. The smallest absolute Gasteiger partial charge is 0.470 e. The first-order valence-corrected chi connectivity index (χ1v) is 9.24. The SMILES string of the molecule is Cc1ncc(C(OP(=O)(O)O)C(CNCC(=O)O)NCC(=O)O)c(C=O)c1O. The number of aldehydes is 1. The topological polar surface area (TPSA) is 216 Å². The Morgan fingerprint density at radius 1 is 1.29 bits per heavy atom. The molecule has 14 heteroatoms. The van der Waals surface area contributed by atoms with Crippen LogP contribution in [0.3, 0.4) is 0 Å². The highest BCUT2D eigenvalue weighted by molar-refractivity contribution is 7.46. The van der Waals surface area contributed by atoms with Crippen molar-refractivity contribution in [2.75, 3.05) is 19.6 Å². The highest BCUT2D eigenvalue weighted by atomic mass is 31.2. The zero-order chi connectivity index (χ0) is 21.5. The molecule has 0 saturated carbocycles. The van der Waals surface area contributed by atoms with Gasteiger partial charge in [0.25, 0.3) is 0 Å². The number of carbonyl (C=O) groups is 3. The number of carboxylic acids is 2. The van der Waals surface area contributed by atoms with Crippen molar-refractivity contribution < 1.29 is 48.6 Å². The van der Waals surface area contributed by atoms with E-state index in [1.54, 1.807) is 0 Å². The molecule has 0 amide bonds. The van der Waals surface area contributed by atoms with Gasteiger partial charge in [0.1, 0.15) is 11.9 Å². The van der Waals surface area contributed by atoms with E-state index in [0.717, 1.165) is 6.20 Å². The molecule has 0 saturated heterocycles. The number of aliphatic carboxylic acids is 2. The number of carbonyl (C=O) groups excluding carboxylic acids is 1. The molecule has 0 spiro atoms. The highest BCUT2D eigenvalue weighted by Crippen LogP contribution is 2.44. The Balaban J connectivity index is 3.38. The summed E-state index contributed by atoms with van der Waals surface area (Å²) in [7, 11) is -5.15. The molecule has 13 nitrogen and oxygen atoms in total. The third-order valence-corrected chi connectivity index (χ3v) is 4.00. The molecule has 0 aliphatic heterocycles. The number of nitrogens with one attached hydrogen (secondary N) is 2. The Labute approximate surface area is 158 Å². The third kappa shape index (κ3) is 7.31. The molecule has 1 aromatic rings. The van der Waals surface area contributed by atoms with Crippen LogP contribution < -0.4 is 10.6 Å². The molecule has 0 aromatic carbocycles. The Kier molecular flexibility index (Phi) is 8.63. The molecule has 2 unspecified atom stereocenters. The summed E-state index contributed by atoms with van der Waals surface area (Å²) in [6.07, 6.45) is -0.374. The van der Waals surface area contributed by atoms with Crippen LogP contribution in [0.4, 0.5) is 0 Å². The molecular weight excluding hydrogens is 401 g/mol. The second-order valence-corrected chi connectivity index (χ2v) is 6.79. The number of hydrogen-bond acceptors (Lipinski definition) is 9. The molecule has 0 bridgehead atoms. The van der Waals surface area contributed by atoms with Crippen molar-refractivity contribution in [2.24, 2.45) is 0 Å². The van der Waals surface area contributed by atoms with E-state index in [-0.39, 0.29) is 29.7 Å². The van der Waals surface area contributed by atoms with Gasteiger partial charge in [-0.15, -0.1) is 0 Å². The lowest BCUT2D eigenvalue weighted by Crippen LogP contribution is -2.46. The van der Waals surface area contributed by atoms with Crippen LogP contribution in [-0.4, -0.2) is 74.0 Å². The minimum atomic E-state index is -5.15. The van der Waals surface area contributed by atoms with Gasteiger partial charge in [0.2, 0.25) is 0 Å². The number of phosphoric acid groups is 1. The monoisotopic (exact) mass is 421 g/mol. The van der Waals surface area contributed by atoms with E-state index in [9.17, 15) is 33.8 Å². The van der Waals surface area contributed by atoms with Crippen LogP contribution in [0.15, 0.2) is 6.20 Å². The maximum Gasteiger partial charge on any atom is 0.470 e. The Morgan fingerprint density at radius 2 is 1.89 bits per heavy atom. The van der Waals surface area contributed by atoms with Gasteiger partial charge in [-0.1, -0.05) is 0 Å². The number of aryl methyl sites for hydroxylation is 1. The average molecular weight is 421 g/mol. The highest BCUT2D eigenvalue weighted by Gasteiger charge is 2.34. The minimum Gasteiger partial charge on any atom is -0.505 e. The van der Waals surface area contributed by atoms with E-state index in [2.05, 4.69) is 15.6 Å². The molecule has 7 N–H and O–H groups in total. The summed E-state index contributed by atoms with van der Waals surface area (Å²) in [5, 5.41) is 32.5. The molecule has 0 fully saturated rings. The number of rotatable bonds is 12. The molecule has 1 heterocycles. The first-order chi connectivity index (χ1) is 13.0. The maximum atomic E-state index is 11.4. The van der Waals surface area contributed by atoms with Crippen LogP contribution in [0.5, 0.6) is 5.75 Å². The third-order valence-electron chi connectivity index (χ3n) is 3.50. The number of hydrogen-bond donors (Lipinski definition) is 7. The van der Waals surface area contributed by atoms with E-state index in [0.29, 0.717) is 0 Å². The molecule has 1 aromatic heterocycles. The van der Waals surface area contributed by atoms with Gasteiger partial charge in [0, 0.05) is 18.3 Å². The van der Waals surface area contributed by atoms with E-state index >= 15 is 0 Å². The Morgan fingerprint density at radius 3 is 2.39 bits per heavy atom. The van der Waals surface area contributed by atoms with E-state index in [1.165, 1.54) is 6.92 Å². The summed E-state index contributed by atoms with van der Waals surface area (Å²) in [5.74, 6) is -3.08. The van der Waals surface area contributed by atoms with Gasteiger partial charge in [-0.05, 0) is 6.92 Å². The van der Waals surface area contributed by atoms with Gasteiger partial charge in [0.15, 0.2) is 6.29 Å². The maximum absolute atomic E-state index is 11.4. The predicted octanol–water partition coefficient (Wildman–Crippen LogP) is -1.22. The Hall–Kier alpha value is -2.41. The van der Waals surface area contributed by atoms with Gasteiger partial charge in [-0.25, -0.2) is 4.57 Å². The van der Waals surface area contributed by atoms with Crippen molar-refractivity contribution in [1.82, 2.24) is 15.6 Å². The number of nitrogens with zero attached hydrogens (tertiary/aromatic N) is 1. The van der Waals surface area contributed by atoms with Crippen molar-refractivity contribution in [3.8, 4) is 5.75 Å². The Bertz CT molecular complexity index is 781. The van der Waals surface area contributed by atoms with E-state index in [4.69, 9.17) is 14.7 Å². The summed E-state index contributed by atoms with van der Waals surface area (Å²) in [6.45, 7) is -0.120. The van der Waals surface area contributed by atoms with Gasteiger partial charge in [-0.3, -0.25) is 23.9 Å². The number of carboxylic acid groups (broad SMARTS) is 2. The standard InChI is InChI=1S/C14H20N3O10P/c1-7-13(23)9(6-18)8(2-16-7)14(27-28(24,25)26)10(17-5-12(21)22)3-15-4-11(19)20/h2,6,10,14-15,17,23H,3-5H2,1H3,(H,19,20)(H,21,22)(H2,24,25,26). The second kappa shape index (κ2) is 10.2. The molecule has 1 rings (SSSR count). The zero-order valence-electron chi connectivity index (χ0n) is 14.6. The van der Waals surface area contributed by atoms with Crippen molar-refractivity contribution in [3.05, 3.63) is 23.0 Å². The second-order valence-electron chi connectivity index (χ2n) is 5.60. The van der Waals surface area contributed by atoms with Gasteiger partial charge in [-0.2, -0.15) is 0 Å². The van der Waals surface area contributed by atoms with Crippen molar-refractivity contribution in [2.45, 2.75) is 19.1 Å². The quantitative estimate of drug-likeness (QED) is 0.156. The fourth-order valence-electron chi connectivity index (χ4n) is 2.31. The predicted molar refractivity (Wildman–Crippen MR) is 91.8 cm³/mol. The van der Waals surface area contributed by atoms with Crippen molar-refractivity contribution >= 4 is 26.0 Å². The first kappa shape index (κ1) is 23.6. The van der Waals surface area contributed by atoms with Crippen LogP contribution in [0.1, 0.15) is 27.7 Å². The van der Waals surface area contributed by atoms with Crippen LogP contribution in [-0.2, 0) is 18.7 Å².